The van der Waals surface area contributed by atoms with E-state index in [4.69, 9.17) is 5.11 Å². The molecule has 0 aliphatic heterocycles. The lowest BCUT2D eigenvalue weighted by molar-refractivity contribution is -0.121. The predicted molar refractivity (Wildman–Crippen MR) is 85.8 cm³/mol. The summed E-state index contributed by atoms with van der Waals surface area (Å²) < 4.78 is 1.56. The molecule has 1 heterocycles. The fourth-order valence-corrected chi connectivity index (χ4v) is 2.75. The van der Waals surface area contributed by atoms with Crippen molar-refractivity contribution in [3.8, 4) is 5.69 Å². The van der Waals surface area contributed by atoms with Crippen LogP contribution in [0.25, 0.3) is 5.69 Å². The maximum atomic E-state index is 12.3. The number of aromatic carboxylic acids is 1. The lowest BCUT2D eigenvalue weighted by atomic mass is 10.0. The van der Waals surface area contributed by atoms with E-state index in [9.17, 15) is 9.59 Å². The predicted octanol–water partition coefficient (Wildman–Crippen LogP) is 3.01. The van der Waals surface area contributed by atoms with Crippen molar-refractivity contribution in [2.75, 3.05) is 5.32 Å². The number of aromatic nitrogens is 2. The number of amides is 1. The van der Waals surface area contributed by atoms with Crippen LogP contribution in [0.2, 0.25) is 0 Å². The average Bonchev–Trinajstić information content (AvgIpc) is 3.24. The lowest BCUT2D eigenvalue weighted by Crippen LogP contribution is -2.23. The summed E-state index contributed by atoms with van der Waals surface area (Å²) in [6, 6.07) is 7.27. The summed E-state index contributed by atoms with van der Waals surface area (Å²) in [6.07, 6.45) is 4.06. The zero-order chi connectivity index (χ0) is 16.6. The first-order valence-electron chi connectivity index (χ1n) is 7.67. The topological polar surface area (TPSA) is 84.2 Å². The van der Waals surface area contributed by atoms with Gasteiger partial charge in [0.25, 0.3) is 0 Å². The Morgan fingerprint density at radius 2 is 2.13 bits per heavy atom. The van der Waals surface area contributed by atoms with Crippen LogP contribution in [0.3, 0.4) is 0 Å². The minimum Gasteiger partial charge on any atom is -0.478 e. The summed E-state index contributed by atoms with van der Waals surface area (Å²) in [4.78, 5) is 23.4. The summed E-state index contributed by atoms with van der Waals surface area (Å²) in [5, 5.41) is 16.2. The number of hydrogen-bond donors (Lipinski definition) is 2. The summed E-state index contributed by atoms with van der Waals surface area (Å²) in [7, 11) is 0. The number of rotatable bonds is 5. The highest BCUT2D eigenvalue weighted by Crippen LogP contribution is 2.49. The second-order valence-corrected chi connectivity index (χ2v) is 6.00. The molecule has 1 amide bonds. The molecule has 3 rings (SSSR count). The molecule has 6 nitrogen and oxygen atoms in total. The number of carbonyl (C=O) groups excluding carboxylic acids is 1. The third kappa shape index (κ3) is 2.72. The van der Waals surface area contributed by atoms with Gasteiger partial charge in [0, 0.05) is 11.1 Å². The van der Waals surface area contributed by atoms with E-state index in [0.29, 0.717) is 17.1 Å². The van der Waals surface area contributed by atoms with E-state index in [1.165, 1.54) is 6.20 Å². The molecule has 2 N–H and O–H groups in total. The molecule has 23 heavy (non-hydrogen) atoms. The minimum atomic E-state index is -1.00. The molecule has 2 aromatic rings. The molecule has 0 spiro atoms. The molecule has 1 aliphatic carbocycles. The van der Waals surface area contributed by atoms with Crippen molar-refractivity contribution >= 4 is 17.6 Å². The zero-order valence-electron chi connectivity index (χ0n) is 13.2. The van der Waals surface area contributed by atoms with Gasteiger partial charge in [-0.2, -0.15) is 5.10 Å². The first kappa shape index (κ1) is 15.3. The van der Waals surface area contributed by atoms with Crippen LogP contribution < -0.4 is 5.32 Å². The van der Waals surface area contributed by atoms with Gasteiger partial charge < -0.3 is 10.4 Å². The number of nitrogens with one attached hydrogen (secondary N) is 1. The Balaban J connectivity index is 1.86. The van der Waals surface area contributed by atoms with Gasteiger partial charge in [-0.3, -0.25) is 4.79 Å². The Hall–Kier alpha value is -2.63. The van der Waals surface area contributed by atoms with Gasteiger partial charge in [-0.05, 0) is 44.4 Å². The Morgan fingerprint density at radius 3 is 2.70 bits per heavy atom. The normalized spacial score (nSPS) is 15.2. The Kier molecular flexibility index (Phi) is 3.67. The van der Waals surface area contributed by atoms with Crippen molar-refractivity contribution in [3.63, 3.8) is 0 Å². The van der Waals surface area contributed by atoms with Crippen LogP contribution in [0, 0.1) is 12.3 Å². The third-order valence-electron chi connectivity index (χ3n) is 4.60. The third-order valence-corrected chi connectivity index (χ3v) is 4.60. The molecule has 1 saturated carbocycles. The van der Waals surface area contributed by atoms with Crippen LogP contribution >= 0.6 is 0 Å². The number of nitrogens with zero attached hydrogens (tertiary/aromatic N) is 2. The maximum Gasteiger partial charge on any atom is 0.339 e. The minimum absolute atomic E-state index is 0.0561. The second kappa shape index (κ2) is 5.53. The molecule has 0 bridgehead atoms. The number of carboxylic acids is 1. The molecule has 0 saturated heterocycles. The highest BCUT2D eigenvalue weighted by atomic mass is 16.4. The molecule has 1 fully saturated rings. The van der Waals surface area contributed by atoms with Gasteiger partial charge in [0.15, 0.2) is 0 Å². The van der Waals surface area contributed by atoms with Gasteiger partial charge in [-0.25, -0.2) is 9.48 Å². The van der Waals surface area contributed by atoms with Crippen LogP contribution in [0.4, 0.5) is 5.69 Å². The molecule has 6 heteroatoms. The summed E-state index contributed by atoms with van der Waals surface area (Å²) >= 11 is 0. The second-order valence-electron chi connectivity index (χ2n) is 6.00. The van der Waals surface area contributed by atoms with Crippen LogP contribution in [0.15, 0.2) is 30.5 Å². The molecule has 0 radical (unpaired) electrons. The van der Waals surface area contributed by atoms with E-state index in [-0.39, 0.29) is 16.9 Å². The highest BCUT2D eigenvalue weighted by molar-refractivity contribution is 5.97. The van der Waals surface area contributed by atoms with Crippen molar-refractivity contribution in [2.24, 2.45) is 5.41 Å². The van der Waals surface area contributed by atoms with Crippen LogP contribution in [0.5, 0.6) is 0 Å². The van der Waals surface area contributed by atoms with E-state index < -0.39 is 5.97 Å². The molecule has 1 aliphatic rings. The van der Waals surface area contributed by atoms with Crippen molar-refractivity contribution in [1.29, 1.82) is 0 Å². The quantitative estimate of drug-likeness (QED) is 0.888. The smallest absolute Gasteiger partial charge is 0.339 e. The Bertz CT molecular complexity index is 775. The maximum absolute atomic E-state index is 12.3. The number of benzene rings is 1. The summed E-state index contributed by atoms with van der Waals surface area (Å²) in [5.41, 5.74) is 1.93. The molecule has 1 aromatic heterocycles. The van der Waals surface area contributed by atoms with Crippen molar-refractivity contribution in [1.82, 2.24) is 9.78 Å². The van der Waals surface area contributed by atoms with E-state index in [2.05, 4.69) is 10.4 Å². The first-order chi connectivity index (χ1) is 11.0. The number of hydrogen-bond acceptors (Lipinski definition) is 3. The van der Waals surface area contributed by atoms with Gasteiger partial charge in [-0.1, -0.05) is 13.0 Å². The van der Waals surface area contributed by atoms with Crippen LogP contribution in [-0.2, 0) is 4.79 Å². The zero-order valence-corrected chi connectivity index (χ0v) is 13.2. The van der Waals surface area contributed by atoms with Crippen molar-refractivity contribution in [3.05, 3.63) is 41.7 Å². The van der Waals surface area contributed by atoms with Gasteiger partial charge >= 0.3 is 5.97 Å². The molecule has 0 unspecified atom stereocenters. The standard InChI is InChI=1S/C17H19N3O3/c1-3-17(7-8-17)16(23)19-12-5-4-6-13(9-12)20-11(2)14(10-18-20)15(21)22/h4-6,9-10H,3,7-8H2,1-2H3,(H,19,23)(H,21,22). The first-order valence-corrected chi connectivity index (χ1v) is 7.67. The summed E-state index contributed by atoms with van der Waals surface area (Å²) in [6.45, 7) is 3.74. The molecular formula is C17H19N3O3. The molecule has 1 aromatic carbocycles. The SMILES string of the molecule is CCC1(C(=O)Nc2cccc(-n3ncc(C(=O)O)c3C)c2)CC1. The largest absolute Gasteiger partial charge is 0.478 e. The van der Waals surface area contributed by atoms with E-state index >= 15 is 0 Å². The van der Waals surface area contributed by atoms with Gasteiger partial charge in [0.2, 0.25) is 5.91 Å². The van der Waals surface area contributed by atoms with Crippen molar-refractivity contribution in [2.45, 2.75) is 33.1 Å². The molecule has 0 atom stereocenters. The fraction of sp³-hybridized carbons (Fsp3) is 0.353. The number of anilines is 1. The van der Waals surface area contributed by atoms with Crippen LogP contribution in [0.1, 0.15) is 42.2 Å². The lowest BCUT2D eigenvalue weighted by Gasteiger charge is -2.14. The van der Waals surface area contributed by atoms with Gasteiger partial charge in [0.05, 0.1) is 17.6 Å². The monoisotopic (exact) mass is 313 g/mol. The van der Waals surface area contributed by atoms with Gasteiger partial charge in [0.1, 0.15) is 5.56 Å². The molecule has 120 valence electrons. The van der Waals surface area contributed by atoms with Crippen molar-refractivity contribution < 1.29 is 14.7 Å². The highest BCUT2D eigenvalue weighted by Gasteiger charge is 2.47. The van der Waals surface area contributed by atoms with E-state index in [1.807, 2.05) is 25.1 Å². The van der Waals surface area contributed by atoms with E-state index in [0.717, 1.165) is 19.3 Å². The average molecular weight is 313 g/mol. The van der Waals surface area contributed by atoms with E-state index in [1.54, 1.807) is 17.7 Å². The van der Waals surface area contributed by atoms with Gasteiger partial charge in [-0.15, -0.1) is 0 Å². The Morgan fingerprint density at radius 1 is 1.39 bits per heavy atom. The summed E-state index contributed by atoms with van der Waals surface area (Å²) in [5.74, 6) is -0.947. The number of carboxylic acid groups (broad SMARTS) is 1. The fourth-order valence-electron chi connectivity index (χ4n) is 2.75. The molecular weight excluding hydrogens is 294 g/mol. The van der Waals surface area contributed by atoms with Crippen LogP contribution in [-0.4, -0.2) is 26.8 Å². The Labute approximate surface area is 134 Å². The number of carbonyl (C=O) groups is 2.